The summed E-state index contributed by atoms with van der Waals surface area (Å²) >= 11 is 0. The molecule has 0 aliphatic heterocycles. The lowest BCUT2D eigenvalue weighted by Gasteiger charge is -2.06. The Morgan fingerprint density at radius 3 is 2.71 bits per heavy atom. The fourth-order valence-corrected chi connectivity index (χ4v) is 1.47. The molecule has 0 fully saturated rings. The number of benzene rings is 1. The maximum absolute atomic E-state index is 11.6. The van der Waals surface area contributed by atoms with E-state index < -0.39 is 5.97 Å². The van der Waals surface area contributed by atoms with Crippen molar-refractivity contribution < 1.29 is 19.1 Å². The van der Waals surface area contributed by atoms with Crippen LogP contribution >= 0.6 is 0 Å². The van der Waals surface area contributed by atoms with Crippen molar-refractivity contribution in [2.24, 2.45) is 0 Å². The zero-order valence-corrected chi connectivity index (χ0v) is 9.64. The van der Waals surface area contributed by atoms with Crippen molar-refractivity contribution in [3.8, 4) is 0 Å². The molecule has 1 aromatic carbocycles. The molecule has 0 radical (unpaired) electrons. The maximum Gasteiger partial charge on any atom is 0.338 e. The zero-order chi connectivity index (χ0) is 12.7. The van der Waals surface area contributed by atoms with Crippen LogP contribution in [-0.4, -0.2) is 25.1 Å². The van der Waals surface area contributed by atoms with E-state index in [1.807, 2.05) is 0 Å². The number of carbonyl (C=O) groups excluding carboxylic acids is 3. The van der Waals surface area contributed by atoms with E-state index in [0.717, 1.165) is 11.8 Å². The van der Waals surface area contributed by atoms with Gasteiger partial charge >= 0.3 is 5.97 Å². The average Bonchev–Trinajstić information content (AvgIpc) is 2.36. The predicted molar refractivity (Wildman–Crippen MR) is 62.2 cm³/mol. The molecule has 4 nitrogen and oxygen atoms in total. The molecular weight excluding hydrogens is 220 g/mol. The smallest absolute Gasteiger partial charge is 0.338 e. The van der Waals surface area contributed by atoms with Crippen LogP contribution in [0.5, 0.6) is 0 Å². The van der Waals surface area contributed by atoms with Crippen molar-refractivity contribution in [3.63, 3.8) is 0 Å². The largest absolute Gasteiger partial charge is 0.462 e. The second kappa shape index (κ2) is 6.58. The third-order valence-electron chi connectivity index (χ3n) is 2.29. The molecule has 0 bridgehead atoms. The third kappa shape index (κ3) is 3.52. The Labute approximate surface area is 99.6 Å². The molecule has 4 heteroatoms. The molecule has 0 amide bonds. The Bertz CT molecular complexity index is 423. The maximum atomic E-state index is 11.6. The minimum atomic E-state index is -0.512. The molecule has 90 valence electrons. The van der Waals surface area contributed by atoms with E-state index in [1.165, 1.54) is 0 Å². The van der Waals surface area contributed by atoms with Crippen LogP contribution in [0.1, 0.15) is 39.6 Å². The summed E-state index contributed by atoms with van der Waals surface area (Å²) in [7, 11) is 0. The molecule has 0 aliphatic rings. The Morgan fingerprint density at radius 2 is 2.12 bits per heavy atom. The number of hydrogen-bond acceptors (Lipinski definition) is 4. The Kier molecular flexibility index (Phi) is 5.07. The van der Waals surface area contributed by atoms with Crippen molar-refractivity contribution in [1.29, 1.82) is 0 Å². The minimum absolute atomic E-state index is 0.255. The monoisotopic (exact) mass is 234 g/mol. The number of rotatable bonds is 6. The normalized spacial score (nSPS) is 9.71. The zero-order valence-electron chi connectivity index (χ0n) is 9.64. The summed E-state index contributed by atoms with van der Waals surface area (Å²) in [5.41, 5.74) is 1.40. The molecule has 0 atom stereocenters. The summed E-state index contributed by atoms with van der Waals surface area (Å²) in [5, 5.41) is 0. The van der Waals surface area contributed by atoms with Gasteiger partial charge in [0.05, 0.1) is 12.2 Å². The lowest BCUT2D eigenvalue weighted by molar-refractivity contribution is -0.107. The van der Waals surface area contributed by atoms with Crippen LogP contribution in [-0.2, 0) is 16.0 Å². The summed E-state index contributed by atoms with van der Waals surface area (Å²) in [4.78, 5) is 32.7. The van der Waals surface area contributed by atoms with E-state index in [2.05, 4.69) is 0 Å². The highest BCUT2D eigenvalue weighted by Gasteiger charge is 2.12. The van der Waals surface area contributed by atoms with Gasteiger partial charge in [0, 0.05) is 12.0 Å². The summed E-state index contributed by atoms with van der Waals surface area (Å²) in [5.74, 6) is -0.512. The van der Waals surface area contributed by atoms with E-state index in [0.29, 0.717) is 24.7 Å². The number of aldehydes is 2. The van der Waals surface area contributed by atoms with Gasteiger partial charge in [-0.05, 0) is 25.0 Å². The molecular formula is C13H14O4. The van der Waals surface area contributed by atoms with Gasteiger partial charge < -0.3 is 9.53 Å². The fourth-order valence-electron chi connectivity index (χ4n) is 1.47. The first-order valence-electron chi connectivity index (χ1n) is 5.41. The van der Waals surface area contributed by atoms with Crippen LogP contribution in [0.2, 0.25) is 0 Å². The molecule has 17 heavy (non-hydrogen) atoms. The summed E-state index contributed by atoms with van der Waals surface area (Å²) in [6.45, 7) is 1.96. The van der Waals surface area contributed by atoms with Crippen LogP contribution in [0.25, 0.3) is 0 Å². The lowest BCUT2D eigenvalue weighted by Crippen LogP contribution is -2.08. The van der Waals surface area contributed by atoms with Gasteiger partial charge in [-0.2, -0.15) is 0 Å². The lowest BCUT2D eigenvalue weighted by atomic mass is 10.0. The van der Waals surface area contributed by atoms with Crippen LogP contribution in [0.4, 0.5) is 0 Å². The van der Waals surface area contributed by atoms with Crippen molar-refractivity contribution in [2.45, 2.75) is 19.8 Å². The van der Waals surface area contributed by atoms with Gasteiger partial charge in [0.1, 0.15) is 6.29 Å². The van der Waals surface area contributed by atoms with Crippen molar-refractivity contribution in [2.75, 3.05) is 6.61 Å². The molecule has 0 aliphatic carbocycles. The topological polar surface area (TPSA) is 60.4 Å². The van der Waals surface area contributed by atoms with Crippen LogP contribution in [0.15, 0.2) is 18.2 Å². The first-order chi connectivity index (χ1) is 8.22. The fraction of sp³-hybridized carbons (Fsp3) is 0.308. The molecule has 0 spiro atoms. The summed E-state index contributed by atoms with van der Waals surface area (Å²) in [6, 6.07) is 4.90. The SMILES string of the molecule is CCOC(=O)c1cc(CCC=O)ccc1C=O. The second-order valence-corrected chi connectivity index (χ2v) is 3.47. The van der Waals surface area contributed by atoms with Gasteiger partial charge in [-0.1, -0.05) is 12.1 Å². The molecule has 0 heterocycles. The first kappa shape index (κ1) is 13.1. The Hall–Kier alpha value is -1.97. The van der Waals surface area contributed by atoms with Gasteiger partial charge in [0.2, 0.25) is 0 Å². The van der Waals surface area contributed by atoms with Crippen LogP contribution in [0, 0.1) is 0 Å². The van der Waals surface area contributed by atoms with Gasteiger partial charge in [-0.3, -0.25) is 4.79 Å². The molecule has 0 aromatic heterocycles. The van der Waals surface area contributed by atoms with Crippen LogP contribution in [0.3, 0.4) is 0 Å². The highest BCUT2D eigenvalue weighted by molar-refractivity contribution is 5.98. The summed E-state index contributed by atoms with van der Waals surface area (Å²) < 4.78 is 4.86. The van der Waals surface area contributed by atoms with Gasteiger partial charge in [0.15, 0.2) is 6.29 Å². The predicted octanol–water partition coefficient (Wildman–Crippen LogP) is 1.81. The van der Waals surface area contributed by atoms with E-state index in [4.69, 9.17) is 4.74 Å². The van der Waals surface area contributed by atoms with Crippen LogP contribution < -0.4 is 0 Å². The second-order valence-electron chi connectivity index (χ2n) is 3.47. The van der Waals surface area contributed by atoms with Crippen molar-refractivity contribution >= 4 is 18.5 Å². The number of ether oxygens (including phenoxy) is 1. The quantitative estimate of drug-likeness (QED) is 0.556. The van der Waals surface area contributed by atoms with Crippen molar-refractivity contribution in [3.05, 3.63) is 34.9 Å². The van der Waals surface area contributed by atoms with Gasteiger partial charge in [-0.15, -0.1) is 0 Å². The van der Waals surface area contributed by atoms with E-state index in [-0.39, 0.29) is 12.2 Å². The van der Waals surface area contributed by atoms with Gasteiger partial charge in [0.25, 0.3) is 0 Å². The minimum Gasteiger partial charge on any atom is -0.462 e. The Morgan fingerprint density at radius 1 is 1.35 bits per heavy atom. The Balaban J connectivity index is 3.01. The highest BCUT2D eigenvalue weighted by Crippen LogP contribution is 2.13. The number of carbonyl (C=O) groups is 3. The highest BCUT2D eigenvalue weighted by atomic mass is 16.5. The van der Waals surface area contributed by atoms with Gasteiger partial charge in [-0.25, -0.2) is 4.79 Å². The molecule has 0 saturated carbocycles. The molecule has 0 unspecified atom stereocenters. The van der Waals surface area contributed by atoms with E-state index in [1.54, 1.807) is 25.1 Å². The van der Waals surface area contributed by atoms with E-state index in [9.17, 15) is 14.4 Å². The summed E-state index contributed by atoms with van der Waals surface area (Å²) in [6.07, 6.45) is 2.38. The van der Waals surface area contributed by atoms with Crippen molar-refractivity contribution in [1.82, 2.24) is 0 Å². The standard InChI is InChI=1S/C13H14O4/c1-2-17-13(16)12-8-10(4-3-7-14)5-6-11(12)9-15/h5-9H,2-4H2,1H3. The number of aryl methyl sites for hydroxylation is 1. The third-order valence-corrected chi connectivity index (χ3v) is 2.29. The molecule has 1 rings (SSSR count). The molecule has 0 N–H and O–H groups in total. The molecule has 1 aromatic rings. The number of hydrogen-bond donors (Lipinski definition) is 0. The average molecular weight is 234 g/mol. The first-order valence-corrected chi connectivity index (χ1v) is 5.41. The molecule has 0 saturated heterocycles. The number of esters is 1. The van der Waals surface area contributed by atoms with E-state index >= 15 is 0 Å².